The Morgan fingerprint density at radius 2 is 2.00 bits per heavy atom. The van der Waals surface area contributed by atoms with Crippen molar-refractivity contribution in [2.24, 2.45) is 5.41 Å². The lowest BCUT2D eigenvalue weighted by atomic mass is 9.93. The van der Waals surface area contributed by atoms with Gasteiger partial charge in [0.1, 0.15) is 5.52 Å². The summed E-state index contributed by atoms with van der Waals surface area (Å²) >= 11 is 0. The van der Waals surface area contributed by atoms with Gasteiger partial charge in [-0.3, -0.25) is 14.6 Å². The van der Waals surface area contributed by atoms with Gasteiger partial charge in [-0.25, -0.2) is 9.20 Å². The van der Waals surface area contributed by atoms with Crippen molar-refractivity contribution in [1.82, 2.24) is 29.3 Å². The molecule has 5 rings (SSSR count). The van der Waals surface area contributed by atoms with Crippen LogP contribution in [-0.4, -0.2) is 48.3 Å². The standard InChI is InChI=1S/C18H20N6O2/c1-12-13(16(26)22-9-6-18(4-5-18)7-10-22)11-19-24(12)17-20-15(25)14-3-2-8-23(14)21-17/h2-3,8,11H,4-7,9-10H2,1H3,(H,20,21,25). The lowest BCUT2D eigenvalue weighted by Gasteiger charge is -2.32. The van der Waals surface area contributed by atoms with Crippen LogP contribution in [0, 0.1) is 12.3 Å². The molecule has 2 aliphatic rings. The SMILES string of the molecule is Cc1c(C(=O)N2CCC3(CC2)CC3)cnn1-c1nn2cccc2c(=O)[nH]1. The molecule has 1 saturated carbocycles. The Kier molecular flexibility index (Phi) is 3.13. The maximum Gasteiger partial charge on any atom is 0.276 e. The van der Waals surface area contributed by atoms with E-state index in [9.17, 15) is 9.59 Å². The van der Waals surface area contributed by atoms with Gasteiger partial charge in [0.15, 0.2) is 0 Å². The van der Waals surface area contributed by atoms with Crippen LogP contribution < -0.4 is 5.56 Å². The van der Waals surface area contributed by atoms with Crippen LogP contribution in [0.25, 0.3) is 11.5 Å². The summed E-state index contributed by atoms with van der Waals surface area (Å²) in [6, 6.07) is 3.46. The van der Waals surface area contributed by atoms with Gasteiger partial charge >= 0.3 is 0 Å². The van der Waals surface area contributed by atoms with Crippen LogP contribution in [0.5, 0.6) is 0 Å². The third kappa shape index (κ3) is 2.28. The van der Waals surface area contributed by atoms with Gasteiger partial charge in [-0.05, 0) is 50.2 Å². The van der Waals surface area contributed by atoms with Gasteiger partial charge in [0.05, 0.1) is 17.5 Å². The maximum absolute atomic E-state index is 12.9. The number of H-pyrrole nitrogens is 1. The number of carbonyl (C=O) groups is 1. The van der Waals surface area contributed by atoms with E-state index < -0.39 is 0 Å². The molecule has 8 nitrogen and oxygen atoms in total. The summed E-state index contributed by atoms with van der Waals surface area (Å²) in [5.74, 6) is 0.305. The molecule has 1 saturated heterocycles. The van der Waals surface area contributed by atoms with Crippen molar-refractivity contribution < 1.29 is 4.79 Å². The van der Waals surface area contributed by atoms with Crippen LogP contribution in [-0.2, 0) is 0 Å². The highest BCUT2D eigenvalue weighted by molar-refractivity contribution is 5.95. The van der Waals surface area contributed by atoms with Crippen molar-refractivity contribution in [3.05, 3.63) is 46.1 Å². The maximum atomic E-state index is 12.9. The van der Waals surface area contributed by atoms with Crippen molar-refractivity contribution in [3.8, 4) is 5.95 Å². The van der Waals surface area contributed by atoms with Crippen molar-refractivity contribution in [2.45, 2.75) is 32.6 Å². The minimum absolute atomic E-state index is 0.00800. The summed E-state index contributed by atoms with van der Waals surface area (Å²) in [5, 5.41) is 8.67. The number of likely N-dealkylation sites (tertiary alicyclic amines) is 1. The Morgan fingerprint density at radius 3 is 2.73 bits per heavy atom. The van der Waals surface area contributed by atoms with E-state index in [-0.39, 0.29) is 11.5 Å². The van der Waals surface area contributed by atoms with Crippen LogP contribution in [0.3, 0.4) is 0 Å². The van der Waals surface area contributed by atoms with Gasteiger partial charge < -0.3 is 4.90 Å². The molecule has 0 radical (unpaired) electrons. The predicted octanol–water partition coefficient (Wildman–Crippen LogP) is 1.53. The third-order valence-corrected chi connectivity index (χ3v) is 5.90. The number of amides is 1. The molecule has 2 fully saturated rings. The molecule has 0 atom stereocenters. The quantitative estimate of drug-likeness (QED) is 0.758. The van der Waals surface area contributed by atoms with Crippen LogP contribution in [0.4, 0.5) is 0 Å². The van der Waals surface area contributed by atoms with Crippen LogP contribution in [0.2, 0.25) is 0 Å². The highest BCUT2D eigenvalue weighted by atomic mass is 16.2. The molecule has 1 aliphatic carbocycles. The first-order chi connectivity index (χ1) is 12.6. The largest absolute Gasteiger partial charge is 0.339 e. The Balaban J connectivity index is 1.46. The number of carbonyl (C=O) groups excluding carboxylic acids is 1. The Bertz CT molecular complexity index is 1060. The molecule has 1 amide bonds. The number of rotatable bonds is 2. The van der Waals surface area contributed by atoms with Gasteiger partial charge in [-0.15, -0.1) is 5.10 Å². The van der Waals surface area contributed by atoms with Crippen LogP contribution >= 0.6 is 0 Å². The zero-order valence-electron chi connectivity index (χ0n) is 14.6. The number of aromatic amines is 1. The van der Waals surface area contributed by atoms with E-state index in [1.165, 1.54) is 22.0 Å². The molecule has 0 aromatic carbocycles. The minimum atomic E-state index is -0.242. The molecular weight excluding hydrogens is 332 g/mol. The van der Waals surface area contributed by atoms with E-state index in [4.69, 9.17) is 0 Å². The van der Waals surface area contributed by atoms with Crippen molar-refractivity contribution in [3.63, 3.8) is 0 Å². The average Bonchev–Trinajstić information content (AvgIpc) is 3.06. The molecule has 1 N–H and O–H groups in total. The Hall–Kier alpha value is -2.90. The van der Waals surface area contributed by atoms with Gasteiger partial charge in [0, 0.05) is 19.3 Å². The Morgan fingerprint density at radius 1 is 1.23 bits per heavy atom. The highest BCUT2D eigenvalue weighted by Gasteiger charge is 2.45. The fourth-order valence-electron chi connectivity index (χ4n) is 3.89. The monoisotopic (exact) mass is 352 g/mol. The third-order valence-electron chi connectivity index (χ3n) is 5.90. The van der Waals surface area contributed by atoms with E-state index in [2.05, 4.69) is 15.2 Å². The molecule has 26 heavy (non-hydrogen) atoms. The van der Waals surface area contributed by atoms with Crippen molar-refractivity contribution in [1.29, 1.82) is 0 Å². The highest BCUT2D eigenvalue weighted by Crippen LogP contribution is 2.53. The molecule has 4 heterocycles. The second kappa shape index (κ2) is 5.30. The molecule has 3 aromatic heterocycles. The summed E-state index contributed by atoms with van der Waals surface area (Å²) in [5.41, 5.74) is 2.00. The number of nitrogens with zero attached hydrogens (tertiary/aromatic N) is 5. The molecular formula is C18H20N6O2. The number of aromatic nitrogens is 5. The summed E-state index contributed by atoms with van der Waals surface area (Å²) in [6.45, 7) is 3.45. The van der Waals surface area contributed by atoms with E-state index in [1.54, 1.807) is 24.5 Å². The number of hydrogen-bond donors (Lipinski definition) is 1. The number of piperidine rings is 1. The van der Waals surface area contributed by atoms with Crippen LogP contribution in [0.1, 0.15) is 41.7 Å². The summed E-state index contributed by atoms with van der Waals surface area (Å²) < 4.78 is 3.02. The first-order valence-electron chi connectivity index (χ1n) is 8.98. The molecule has 0 unspecified atom stereocenters. The smallest absolute Gasteiger partial charge is 0.276 e. The van der Waals surface area contributed by atoms with E-state index in [0.717, 1.165) is 25.9 Å². The van der Waals surface area contributed by atoms with Crippen molar-refractivity contribution >= 4 is 11.4 Å². The van der Waals surface area contributed by atoms with Gasteiger partial charge in [0.2, 0.25) is 5.95 Å². The molecule has 1 spiro atoms. The van der Waals surface area contributed by atoms with Gasteiger partial charge in [0.25, 0.3) is 11.5 Å². The lowest BCUT2D eigenvalue weighted by Crippen LogP contribution is -2.39. The molecule has 0 bridgehead atoms. The molecule has 1 aliphatic heterocycles. The Labute approximate surface area is 149 Å². The first-order valence-corrected chi connectivity index (χ1v) is 8.98. The minimum Gasteiger partial charge on any atom is -0.339 e. The number of nitrogens with one attached hydrogen (secondary N) is 1. The predicted molar refractivity (Wildman–Crippen MR) is 94.5 cm³/mol. The number of fused-ring (bicyclic) bond motifs is 1. The number of hydrogen-bond acceptors (Lipinski definition) is 4. The summed E-state index contributed by atoms with van der Waals surface area (Å²) in [6.07, 6.45) is 8.11. The lowest BCUT2D eigenvalue weighted by molar-refractivity contribution is 0.0677. The summed E-state index contributed by atoms with van der Waals surface area (Å²) in [4.78, 5) is 29.7. The fourth-order valence-corrected chi connectivity index (χ4v) is 3.89. The second-order valence-electron chi connectivity index (χ2n) is 7.46. The van der Waals surface area contributed by atoms with E-state index in [1.807, 2.05) is 11.8 Å². The van der Waals surface area contributed by atoms with Crippen LogP contribution in [0.15, 0.2) is 29.3 Å². The first kappa shape index (κ1) is 15.4. The normalized spacial score (nSPS) is 18.6. The van der Waals surface area contributed by atoms with Crippen molar-refractivity contribution in [2.75, 3.05) is 13.1 Å². The zero-order valence-corrected chi connectivity index (χ0v) is 14.6. The molecule has 8 heteroatoms. The zero-order chi connectivity index (χ0) is 17.9. The second-order valence-corrected chi connectivity index (χ2v) is 7.46. The summed E-state index contributed by atoms with van der Waals surface area (Å²) in [7, 11) is 0. The molecule has 3 aromatic rings. The fraction of sp³-hybridized carbons (Fsp3) is 0.444. The van der Waals surface area contributed by atoms with E-state index in [0.29, 0.717) is 28.1 Å². The van der Waals surface area contributed by atoms with Gasteiger partial charge in [-0.2, -0.15) is 5.10 Å². The van der Waals surface area contributed by atoms with E-state index >= 15 is 0 Å². The average molecular weight is 352 g/mol. The topological polar surface area (TPSA) is 88.3 Å². The molecule has 134 valence electrons. The van der Waals surface area contributed by atoms with Gasteiger partial charge in [-0.1, -0.05) is 0 Å².